The van der Waals surface area contributed by atoms with E-state index in [4.69, 9.17) is 13.5 Å². The van der Waals surface area contributed by atoms with E-state index in [1.807, 2.05) is 48.5 Å². The van der Waals surface area contributed by atoms with Gasteiger partial charge in [-0.05, 0) is 35.2 Å². The van der Waals surface area contributed by atoms with Crippen molar-refractivity contribution in [3.8, 4) is 17.2 Å². The molecule has 8 heteroatoms. The monoisotopic (exact) mass is 474 g/mol. The lowest BCUT2D eigenvalue weighted by atomic mass is 9.63. The summed E-state index contributed by atoms with van der Waals surface area (Å²) in [5.74, 6) is 1.78. The summed E-state index contributed by atoms with van der Waals surface area (Å²) in [7, 11) is -1.27. The molecule has 0 amide bonds. The highest BCUT2D eigenvalue weighted by molar-refractivity contribution is 14.1. The summed E-state index contributed by atoms with van der Waals surface area (Å²) in [6.45, 7) is 0. The van der Waals surface area contributed by atoms with Gasteiger partial charge in [0.25, 0.3) is 4.57 Å². The molecule has 1 aliphatic heterocycles. The van der Waals surface area contributed by atoms with Crippen LogP contribution in [-0.4, -0.2) is 17.2 Å². The van der Waals surface area contributed by atoms with E-state index >= 15 is 0 Å². The molecular weight excluding hydrogens is 460 g/mol. The van der Waals surface area contributed by atoms with Gasteiger partial charge in [0.05, 0.1) is 0 Å². The summed E-state index contributed by atoms with van der Waals surface area (Å²) in [6.07, 6.45) is 0. The number of rotatable bonds is 3. The maximum atomic E-state index is 9.40. The second-order valence-electron chi connectivity index (χ2n) is 5.78. The SMILES string of the molecule is Oc1ccc(BOP2Oc3ccccc3B(I)c3ccccc3O2)cc1. The zero-order valence-electron chi connectivity index (χ0n) is 13.7. The van der Waals surface area contributed by atoms with Crippen LogP contribution in [0.1, 0.15) is 0 Å². The molecule has 0 aliphatic carbocycles. The van der Waals surface area contributed by atoms with Crippen molar-refractivity contribution in [2.75, 3.05) is 0 Å². The van der Waals surface area contributed by atoms with Crippen LogP contribution >= 0.6 is 31.0 Å². The fourth-order valence-electron chi connectivity index (χ4n) is 2.66. The Hall–Kier alpha value is -1.69. The normalized spacial score (nSPS) is 13.5. The Kier molecular flexibility index (Phi) is 5.38. The van der Waals surface area contributed by atoms with Crippen molar-refractivity contribution in [1.29, 1.82) is 0 Å². The van der Waals surface area contributed by atoms with Gasteiger partial charge < -0.3 is 18.6 Å². The van der Waals surface area contributed by atoms with Crippen LogP contribution in [-0.2, 0) is 4.44 Å². The molecule has 0 radical (unpaired) electrons. The van der Waals surface area contributed by atoms with Crippen LogP contribution in [0.25, 0.3) is 0 Å². The number of halogens is 1. The average Bonchev–Trinajstić information content (AvgIpc) is 2.66. The molecule has 0 saturated carbocycles. The quantitative estimate of drug-likeness (QED) is 0.361. The maximum absolute atomic E-state index is 9.40. The highest BCUT2D eigenvalue weighted by Gasteiger charge is 2.30. The van der Waals surface area contributed by atoms with Crippen molar-refractivity contribution < 1.29 is 18.6 Å². The van der Waals surface area contributed by atoms with Crippen LogP contribution in [0.2, 0.25) is 0 Å². The molecule has 0 atom stereocenters. The lowest BCUT2D eigenvalue weighted by Gasteiger charge is -2.25. The number of hydrogen-bond donors (Lipinski definition) is 1. The van der Waals surface area contributed by atoms with E-state index in [9.17, 15) is 5.11 Å². The van der Waals surface area contributed by atoms with Gasteiger partial charge in [0.1, 0.15) is 17.2 Å². The molecule has 0 aromatic heterocycles. The largest absolute Gasteiger partial charge is 0.508 e. The van der Waals surface area contributed by atoms with E-state index in [1.165, 1.54) is 0 Å². The fraction of sp³-hybridized carbons (Fsp3) is 0. The molecule has 0 saturated heterocycles. The Balaban J connectivity index is 1.62. The minimum Gasteiger partial charge on any atom is -0.508 e. The van der Waals surface area contributed by atoms with Crippen LogP contribution in [0.4, 0.5) is 0 Å². The van der Waals surface area contributed by atoms with Gasteiger partial charge >= 0.3 is 16.1 Å². The van der Waals surface area contributed by atoms with Crippen LogP contribution in [0.15, 0.2) is 72.8 Å². The Labute approximate surface area is 167 Å². The first-order chi connectivity index (χ1) is 12.7. The molecule has 3 aromatic carbocycles. The Morgan fingerprint density at radius 1 is 0.846 bits per heavy atom. The molecule has 4 nitrogen and oxygen atoms in total. The molecule has 0 bridgehead atoms. The number of phenolic OH excluding ortho intramolecular Hbond substituents is 1. The summed E-state index contributed by atoms with van der Waals surface area (Å²) in [5, 5.41) is 9.40. The van der Waals surface area contributed by atoms with Gasteiger partial charge in [-0.1, -0.05) is 54.0 Å². The van der Waals surface area contributed by atoms with E-state index in [-0.39, 0.29) is 10.3 Å². The minimum atomic E-state index is -1.60. The van der Waals surface area contributed by atoms with Gasteiger partial charge in [0.15, 0.2) is 0 Å². The van der Waals surface area contributed by atoms with Crippen LogP contribution in [0.3, 0.4) is 0 Å². The highest BCUT2D eigenvalue weighted by Crippen LogP contribution is 2.41. The molecule has 1 N–H and O–H groups in total. The number of fused-ring (bicyclic) bond motifs is 2. The molecule has 128 valence electrons. The van der Waals surface area contributed by atoms with Gasteiger partial charge in [-0.2, -0.15) is 0 Å². The lowest BCUT2D eigenvalue weighted by molar-refractivity contribution is 0.401. The van der Waals surface area contributed by atoms with Gasteiger partial charge in [-0.15, -0.1) is 22.4 Å². The second kappa shape index (κ2) is 7.91. The molecule has 3 aromatic rings. The number of hydrogen-bond acceptors (Lipinski definition) is 4. The van der Waals surface area contributed by atoms with Gasteiger partial charge in [-0.25, -0.2) is 0 Å². The summed E-state index contributed by atoms with van der Waals surface area (Å²) < 4.78 is 18.2. The first kappa shape index (κ1) is 17.7. The molecule has 0 spiro atoms. The van der Waals surface area contributed by atoms with Crippen molar-refractivity contribution in [2.45, 2.75) is 0 Å². The van der Waals surface area contributed by atoms with Gasteiger partial charge in [-0.3, -0.25) is 0 Å². The first-order valence-corrected chi connectivity index (χ1v) is 10.4. The zero-order valence-corrected chi connectivity index (χ0v) is 16.8. The molecule has 1 heterocycles. The standard InChI is InChI=1S/C18H14B2IO4P/c21-20-15-5-1-3-7-17(15)23-26(24-18-8-4-2-6-16(18)20)25-19-13-9-11-14(22)12-10-13/h1-12,19,22H. The fourth-order valence-corrected chi connectivity index (χ4v) is 4.74. The molecule has 0 unspecified atom stereocenters. The number of para-hydroxylation sites is 2. The third kappa shape index (κ3) is 3.85. The topological polar surface area (TPSA) is 47.9 Å². The van der Waals surface area contributed by atoms with Gasteiger partial charge in [0.2, 0.25) is 0 Å². The van der Waals surface area contributed by atoms with E-state index in [0.717, 1.165) is 27.9 Å². The maximum Gasteiger partial charge on any atom is 0.447 e. The second-order valence-corrected chi connectivity index (χ2v) is 8.10. The summed E-state index contributed by atoms with van der Waals surface area (Å²) in [6, 6.07) is 22.9. The van der Waals surface area contributed by atoms with Crippen LogP contribution in [0.5, 0.6) is 17.2 Å². The predicted octanol–water partition coefficient (Wildman–Crippen LogP) is 2.62. The third-order valence-electron chi connectivity index (χ3n) is 4.00. The number of benzene rings is 3. The van der Waals surface area contributed by atoms with Crippen LogP contribution in [0, 0.1) is 0 Å². The van der Waals surface area contributed by atoms with Crippen molar-refractivity contribution >= 4 is 59.4 Å². The molecule has 0 fully saturated rings. The summed E-state index contributed by atoms with van der Waals surface area (Å²) >= 11 is 2.41. The van der Waals surface area contributed by atoms with E-state index in [1.54, 1.807) is 12.1 Å². The smallest absolute Gasteiger partial charge is 0.447 e. The first-order valence-electron chi connectivity index (χ1n) is 8.09. The van der Waals surface area contributed by atoms with E-state index in [0.29, 0.717) is 7.48 Å². The van der Waals surface area contributed by atoms with Crippen molar-refractivity contribution in [3.63, 3.8) is 0 Å². The van der Waals surface area contributed by atoms with E-state index < -0.39 is 8.60 Å². The van der Waals surface area contributed by atoms with Gasteiger partial charge in [0, 0.05) is 0 Å². The number of aromatic hydroxyl groups is 1. The summed E-state index contributed by atoms with van der Waals surface area (Å²) in [5.41, 5.74) is 3.14. The average molecular weight is 474 g/mol. The molecular formula is C18H14B2IO4P. The highest BCUT2D eigenvalue weighted by atomic mass is 127. The zero-order chi connectivity index (χ0) is 17.9. The molecule has 26 heavy (non-hydrogen) atoms. The summed E-state index contributed by atoms with van der Waals surface area (Å²) in [4.78, 5) is 0. The van der Waals surface area contributed by atoms with Crippen molar-refractivity contribution in [2.24, 2.45) is 0 Å². The van der Waals surface area contributed by atoms with Crippen molar-refractivity contribution in [1.82, 2.24) is 0 Å². The van der Waals surface area contributed by atoms with E-state index in [2.05, 4.69) is 34.5 Å². The Bertz CT molecular complexity index is 860. The third-order valence-corrected chi connectivity index (χ3v) is 6.38. The lowest BCUT2D eigenvalue weighted by Crippen LogP contribution is -2.39. The van der Waals surface area contributed by atoms with Crippen molar-refractivity contribution in [3.05, 3.63) is 72.8 Å². The molecule has 1 aliphatic rings. The number of phenols is 1. The molecule has 4 rings (SSSR count). The van der Waals surface area contributed by atoms with Crippen LogP contribution < -0.4 is 25.4 Å². The minimum absolute atomic E-state index is 0.134. The Morgan fingerprint density at radius 3 is 1.96 bits per heavy atom. The predicted molar refractivity (Wildman–Crippen MR) is 116 cm³/mol. The Morgan fingerprint density at radius 2 is 1.38 bits per heavy atom.